The molecule has 1 aromatic heterocycles. The Morgan fingerprint density at radius 3 is 2.89 bits per heavy atom. The van der Waals surface area contributed by atoms with Gasteiger partial charge >= 0.3 is 0 Å². The van der Waals surface area contributed by atoms with Crippen molar-refractivity contribution in [2.45, 2.75) is 18.2 Å². The second kappa shape index (κ2) is 5.93. The number of rotatable bonds is 4. The van der Waals surface area contributed by atoms with E-state index in [4.69, 9.17) is 0 Å². The highest BCUT2D eigenvalue weighted by molar-refractivity contribution is 7.80. The zero-order chi connectivity index (χ0) is 13.8. The number of aryl methyl sites for hydroxylation is 2. The predicted octanol–water partition coefficient (Wildman–Crippen LogP) is 1.99. The summed E-state index contributed by atoms with van der Waals surface area (Å²) in [4.78, 5) is 12.9. The number of hydrogen-bond acceptors (Lipinski definition) is 3. The lowest BCUT2D eigenvalue weighted by atomic mass is 10.1. The molecule has 0 saturated carbocycles. The van der Waals surface area contributed by atoms with E-state index in [1.807, 2.05) is 36.9 Å². The molecule has 2 aromatic rings. The molecule has 0 radical (unpaired) electrons. The van der Waals surface area contributed by atoms with Crippen LogP contribution in [-0.4, -0.2) is 22.2 Å². The lowest BCUT2D eigenvalue weighted by Crippen LogP contribution is -2.26. The maximum absolute atomic E-state index is 12.1. The van der Waals surface area contributed by atoms with Gasteiger partial charge in [-0.05, 0) is 30.7 Å². The molecule has 5 heteroatoms. The van der Waals surface area contributed by atoms with Crippen LogP contribution in [0, 0.1) is 6.92 Å². The summed E-state index contributed by atoms with van der Waals surface area (Å²) in [5.74, 6) is -0.0597. The van der Waals surface area contributed by atoms with Crippen molar-refractivity contribution in [3.8, 4) is 0 Å². The minimum atomic E-state index is -0.0597. The van der Waals surface area contributed by atoms with Crippen molar-refractivity contribution >= 4 is 18.5 Å². The summed E-state index contributed by atoms with van der Waals surface area (Å²) in [6, 6.07) is 7.52. The van der Waals surface area contributed by atoms with E-state index in [1.165, 1.54) is 0 Å². The first kappa shape index (κ1) is 13.7. The Hall–Kier alpha value is -1.75. The number of aromatic nitrogens is 2. The van der Waals surface area contributed by atoms with Crippen LogP contribution >= 0.6 is 12.6 Å². The van der Waals surface area contributed by atoms with Crippen molar-refractivity contribution in [3.05, 3.63) is 47.3 Å². The molecule has 1 amide bonds. The summed E-state index contributed by atoms with van der Waals surface area (Å²) >= 11 is 4.26. The molecule has 0 unspecified atom stereocenters. The van der Waals surface area contributed by atoms with Crippen LogP contribution in [0.1, 0.15) is 21.6 Å². The topological polar surface area (TPSA) is 46.9 Å². The number of amides is 1. The summed E-state index contributed by atoms with van der Waals surface area (Å²) in [6.45, 7) is 2.51. The summed E-state index contributed by atoms with van der Waals surface area (Å²) in [5.41, 5.74) is 2.73. The van der Waals surface area contributed by atoms with E-state index in [9.17, 15) is 4.79 Å². The number of benzene rings is 1. The number of carbonyl (C=O) groups is 1. The average Bonchev–Trinajstić information content (AvgIpc) is 2.78. The zero-order valence-corrected chi connectivity index (χ0v) is 11.9. The van der Waals surface area contributed by atoms with Crippen LogP contribution in [0.15, 0.2) is 35.4 Å². The highest BCUT2D eigenvalue weighted by Gasteiger charge is 2.09. The van der Waals surface area contributed by atoms with Gasteiger partial charge in [0.2, 0.25) is 0 Å². The number of nitrogens with one attached hydrogen (secondary N) is 1. The van der Waals surface area contributed by atoms with Gasteiger partial charge in [-0.1, -0.05) is 6.07 Å². The fourth-order valence-electron chi connectivity index (χ4n) is 1.90. The Labute approximate surface area is 118 Å². The third-order valence-electron chi connectivity index (χ3n) is 3.05. The SMILES string of the molecule is Cc1ccc(S)cc1C(=O)NCCc1ccnn1C. The quantitative estimate of drug-likeness (QED) is 0.838. The molecule has 4 nitrogen and oxygen atoms in total. The van der Waals surface area contributed by atoms with Gasteiger partial charge < -0.3 is 5.32 Å². The summed E-state index contributed by atoms with van der Waals surface area (Å²) in [5, 5.41) is 7.01. The Balaban J connectivity index is 1.94. The monoisotopic (exact) mass is 275 g/mol. The smallest absolute Gasteiger partial charge is 0.251 e. The summed E-state index contributed by atoms with van der Waals surface area (Å²) in [7, 11) is 1.89. The molecule has 2 rings (SSSR count). The first-order valence-electron chi connectivity index (χ1n) is 6.12. The maximum atomic E-state index is 12.1. The second-order valence-corrected chi connectivity index (χ2v) is 4.97. The highest BCUT2D eigenvalue weighted by atomic mass is 32.1. The molecular formula is C14H17N3OS. The fourth-order valence-corrected chi connectivity index (χ4v) is 2.10. The van der Waals surface area contributed by atoms with E-state index in [0.29, 0.717) is 12.1 Å². The van der Waals surface area contributed by atoms with Crippen LogP contribution in [0.5, 0.6) is 0 Å². The van der Waals surface area contributed by atoms with Crippen molar-refractivity contribution < 1.29 is 4.79 Å². The molecule has 0 bridgehead atoms. The standard InChI is InChI=1S/C14H17N3OS/c1-10-3-4-12(19)9-13(10)14(18)15-7-5-11-6-8-16-17(11)2/h3-4,6,8-9,19H,5,7H2,1-2H3,(H,15,18). The van der Waals surface area contributed by atoms with Gasteiger partial charge in [0, 0.05) is 42.4 Å². The van der Waals surface area contributed by atoms with E-state index < -0.39 is 0 Å². The highest BCUT2D eigenvalue weighted by Crippen LogP contribution is 2.13. The minimum absolute atomic E-state index is 0.0597. The number of nitrogens with zero attached hydrogens (tertiary/aromatic N) is 2. The van der Waals surface area contributed by atoms with Crippen molar-refractivity contribution in [1.29, 1.82) is 0 Å². The maximum Gasteiger partial charge on any atom is 0.251 e. The first-order valence-corrected chi connectivity index (χ1v) is 6.57. The third kappa shape index (κ3) is 3.38. The molecule has 0 saturated heterocycles. The number of thiol groups is 1. The largest absolute Gasteiger partial charge is 0.352 e. The van der Waals surface area contributed by atoms with Gasteiger partial charge in [0.1, 0.15) is 0 Å². The van der Waals surface area contributed by atoms with Gasteiger partial charge in [-0.3, -0.25) is 9.48 Å². The lowest BCUT2D eigenvalue weighted by molar-refractivity contribution is 0.0953. The van der Waals surface area contributed by atoms with Crippen molar-refractivity contribution in [1.82, 2.24) is 15.1 Å². The van der Waals surface area contributed by atoms with Gasteiger partial charge in [0.15, 0.2) is 0 Å². The van der Waals surface area contributed by atoms with Crippen molar-refractivity contribution in [2.24, 2.45) is 7.05 Å². The fraction of sp³-hybridized carbons (Fsp3) is 0.286. The van der Waals surface area contributed by atoms with Crippen molar-refractivity contribution in [3.63, 3.8) is 0 Å². The molecule has 0 atom stereocenters. The summed E-state index contributed by atoms with van der Waals surface area (Å²) < 4.78 is 1.81. The number of carbonyl (C=O) groups excluding carboxylic acids is 1. The zero-order valence-electron chi connectivity index (χ0n) is 11.1. The Morgan fingerprint density at radius 1 is 1.42 bits per heavy atom. The predicted molar refractivity (Wildman–Crippen MR) is 77.7 cm³/mol. The Bertz CT molecular complexity index is 592. The van der Waals surface area contributed by atoms with Gasteiger partial charge in [-0.2, -0.15) is 5.10 Å². The molecular weight excluding hydrogens is 258 g/mol. The Kier molecular flexibility index (Phi) is 4.27. The molecule has 100 valence electrons. The molecule has 1 aromatic carbocycles. The van der Waals surface area contributed by atoms with E-state index in [1.54, 1.807) is 12.3 Å². The van der Waals surface area contributed by atoms with E-state index in [2.05, 4.69) is 23.0 Å². The van der Waals surface area contributed by atoms with E-state index in [-0.39, 0.29) is 5.91 Å². The minimum Gasteiger partial charge on any atom is -0.352 e. The number of hydrogen-bond donors (Lipinski definition) is 2. The molecule has 0 aliphatic rings. The average molecular weight is 275 g/mol. The first-order chi connectivity index (χ1) is 9.08. The van der Waals surface area contributed by atoms with Gasteiger partial charge in [-0.15, -0.1) is 12.6 Å². The normalized spacial score (nSPS) is 10.5. The van der Waals surface area contributed by atoms with E-state index in [0.717, 1.165) is 22.6 Å². The van der Waals surface area contributed by atoms with Crippen LogP contribution in [-0.2, 0) is 13.5 Å². The van der Waals surface area contributed by atoms with Crippen LogP contribution in [0.2, 0.25) is 0 Å². The Morgan fingerprint density at radius 2 is 2.21 bits per heavy atom. The van der Waals surface area contributed by atoms with E-state index >= 15 is 0 Å². The van der Waals surface area contributed by atoms with Crippen molar-refractivity contribution in [2.75, 3.05) is 6.54 Å². The third-order valence-corrected chi connectivity index (χ3v) is 3.33. The molecule has 0 fully saturated rings. The van der Waals surface area contributed by atoms with Gasteiger partial charge in [0.05, 0.1) is 0 Å². The van der Waals surface area contributed by atoms with Gasteiger partial charge in [0.25, 0.3) is 5.91 Å². The molecule has 1 heterocycles. The van der Waals surface area contributed by atoms with Crippen LogP contribution in [0.3, 0.4) is 0 Å². The molecule has 0 spiro atoms. The molecule has 0 aliphatic heterocycles. The van der Waals surface area contributed by atoms with Crippen LogP contribution in [0.4, 0.5) is 0 Å². The molecule has 0 aliphatic carbocycles. The molecule has 19 heavy (non-hydrogen) atoms. The second-order valence-electron chi connectivity index (χ2n) is 4.45. The van der Waals surface area contributed by atoms with Gasteiger partial charge in [-0.25, -0.2) is 0 Å². The van der Waals surface area contributed by atoms with Crippen LogP contribution < -0.4 is 5.32 Å². The lowest BCUT2D eigenvalue weighted by Gasteiger charge is -2.08. The van der Waals surface area contributed by atoms with Crippen LogP contribution in [0.25, 0.3) is 0 Å². The molecule has 1 N–H and O–H groups in total. The summed E-state index contributed by atoms with van der Waals surface area (Å²) in [6.07, 6.45) is 2.52.